The van der Waals surface area contributed by atoms with Crippen molar-refractivity contribution in [3.63, 3.8) is 0 Å². The SMILES string of the molecule is Cc1cccnc1[C@@H]1CCC[C@H](C2=NC=CCC2C)N1Cc1ccc(CN)cc1CO. The van der Waals surface area contributed by atoms with Crippen LogP contribution in [0.3, 0.4) is 0 Å². The van der Waals surface area contributed by atoms with E-state index in [1.54, 1.807) is 0 Å². The highest BCUT2D eigenvalue weighted by Crippen LogP contribution is 2.38. The molecule has 31 heavy (non-hydrogen) atoms. The molecular formula is C26H34N4O. The Morgan fingerprint density at radius 1 is 1.16 bits per heavy atom. The van der Waals surface area contributed by atoms with E-state index in [-0.39, 0.29) is 18.7 Å². The first kappa shape index (κ1) is 21.9. The van der Waals surface area contributed by atoms with Crippen molar-refractivity contribution in [2.45, 2.75) is 71.3 Å². The lowest BCUT2D eigenvalue weighted by atomic mass is 9.84. The first-order valence-electron chi connectivity index (χ1n) is 11.4. The van der Waals surface area contributed by atoms with E-state index < -0.39 is 0 Å². The van der Waals surface area contributed by atoms with Crippen LogP contribution in [-0.2, 0) is 19.7 Å². The van der Waals surface area contributed by atoms with E-state index in [4.69, 9.17) is 15.7 Å². The Balaban J connectivity index is 1.75. The molecule has 2 aliphatic heterocycles. The Bertz CT molecular complexity index is 968. The Hall–Kier alpha value is -2.34. The summed E-state index contributed by atoms with van der Waals surface area (Å²) < 4.78 is 0. The molecular weight excluding hydrogens is 384 g/mol. The van der Waals surface area contributed by atoms with Gasteiger partial charge in [0.15, 0.2) is 0 Å². The number of aliphatic hydroxyl groups is 1. The fourth-order valence-corrected chi connectivity index (χ4v) is 5.10. The monoisotopic (exact) mass is 418 g/mol. The topological polar surface area (TPSA) is 74.7 Å². The highest BCUT2D eigenvalue weighted by atomic mass is 16.3. The predicted octanol–water partition coefficient (Wildman–Crippen LogP) is 4.43. The Kier molecular flexibility index (Phi) is 6.96. The van der Waals surface area contributed by atoms with Crippen molar-refractivity contribution >= 4 is 5.71 Å². The first-order chi connectivity index (χ1) is 15.1. The minimum absolute atomic E-state index is 0.0229. The van der Waals surface area contributed by atoms with Gasteiger partial charge >= 0.3 is 0 Å². The van der Waals surface area contributed by atoms with E-state index in [1.807, 2.05) is 24.5 Å². The molecule has 1 fully saturated rings. The number of likely N-dealkylation sites (tertiary alicyclic amines) is 1. The third kappa shape index (κ3) is 4.64. The average Bonchev–Trinajstić information content (AvgIpc) is 2.80. The van der Waals surface area contributed by atoms with E-state index in [2.05, 4.69) is 43.0 Å². The van der Waals surface area contributed by atoms with Crippen LogP contribution in [0, 0.1) is 12.8 Å². The number of aromatic nitrogens is 1. The van der Waals surface area contributed by atoms with Crippen LogP contribution >= 0.6 is 0 Å². The number of rotatable bonds is 6. The fourth-order valence-electron chi connectivity index (χ4n) is 5.10. The van der Waals surface area contributed by atoms with E-state index in [9.17, 15) is 5.11 Å². The normalized spacial score (nSPS) is 24.3. The summed E-state index contributed by atoms with van der Waals surface area (Å²) in [4.78, 5) is 12.2. The van der Waals surface area contributed by atoms with Gasteiger partial charge in [-0.15, -0.1) is 0 Å². The number of benzene rings is 1. The molecule has 3 N–H and O–H groups in total. The van der Waals surface area contributed by atoms with Gasteiger partial charge < -0.3 is 10.8 Å². The van der Waals surface area contributed by atoms with Crippen molar-refractivity contribution in [2.24, 2.45) is 16.6 Å². The molecule has 1 aromatic heterocycles. The zero-order valence-corrected chi connectivity index (χ0v) is 18.7. The lowest BCUT2D eigenvalue weighted by Crippen LogP contribution is -2.48. The molecule has 0 bridgehead atoms. The summed E-state index contributed by atoms with van der Waals surface area (Å²) in [6.45, 7) is 5.71. The lowest BCUT2D eigenvalue weighted by Gasteiger charge is -2.44. The summed E-state index contributed by atoms with van der Waals surface area (Å²) in [5.74, 6) is 0.443. The van der Waals surface area contributed by atoms with Gasteiger partial charge in [-0.05, 0) is 66.8 Å². The van der Waals surface area contributed by atoms with Gasteiger partial charge in [0.05, 0.1) is 18.3 Å². The van der Waals surface area contributed by atoms with E-state index in [0.29, 0.717) is 12.5 Å². The standard InChI is InChI=1S/C26H34N4O/c1-18-6-4-12-28-25(18)23-8-3-9-24(26-19(2)7-5-13-29-26)30(23)16-21-11-10-20(15-27)14-22(21)17-31/h4-6,10-14,19,23-24,31H,3,7-9,15-17,27H2,1-2H3/t19?,23-,24+/m0/s1. The maximum atomic E-state index is 10.0. The van der Waals surface area contributed by atoms with Crippen molar-refractivity contribution in [2.75, 3.05) is 0 Å². The van der Waals surface area contributed by atoms with Gasteiger partial charge in [0, 0.05) is 37.2 Å². The number of hydrogen-bond acceptors (Lipinski definition) is 5. The molecule has 1 unspecified atom stereocenters. The average molecular weight is 419 g/mol. The number of allylic oxidation sites excluding steroid dienone is 1. The van der Waals surface area contributed by atoms with E-state index in [0.717, 1.165) is 54.6 Å². The van der Waals surface area contributed by atoms with Crippen LogP contribution in [0.4, 0.5) is 0 Å². The van der Waals surface area contributed by atoms with Crippen molar-refractivity contribution in [1.29, 1.82) is 0 Å². The summed E-state index contributed by atoms with van der Waals surface area (Å²) in [5, 5.41) is 10.0. The number of nitrogens with two attached hydrogens (primary N) is 1. The molecule has 5 nitrogen and oxygen atoms in total. The van der Waals surface area contributed by atoms with Gasteiger partial charge in [-0.2, -0.15) is 0 Å². The largest absolute Gasteiger partial charge is 0.392 e. The molecule has 0 saturated carbocycles. The van der Waals surface area contributed by atoms with Crippen molar-refractivity contribution < 1.29 is 5.11 Å². The molecule has 5 heteroatoms. The number of pyridine rings is 1. The van der Waals surface area contributed by atoms with Gasteiger partial charge in [0.1, 0.15) is 0 Å². The van der Waals surface area contributed by atoms with Gasteiger partial charge in [-0.1, -0.05) is 37.3 Å². The quantitative estimate of drug-likeness (QED) is 0.728. The Morgan fingerprint density at radius 3 is 2.74 bits per heavy atom. The predicted molar refractivity (Wildman–Crippen MR) is 126 cm³/mol. The molecule has 0 spiro atoms. The molecule has 164 valence electrons. The second kappa shape index (κ2) is 9.86. The van der Waals surface area contributed by atoms with Crippen molar-refractivity contribution in [3.05, 3.63) is 76.8 Å². The van der Waals surface area contributed by atoms with Crippen LogP contribution in [-0.4, -0.2) is 26.7 Å². The number of aryl methyl sites for hydroxylation is 1. The summed E-state index contributed by atoms with van der Waals surface area (Å²) in [6.07, 6.45) is 10.4. The molecule has 0 amide bonds. The van der Waals surface area contributed by atoms with Crippen molar-refractivity contribution in [1.82, 2.24) is 9.88 Å². The van der Waals surface area contributed by atoms with Crippen LogP contribution in [0.25, 0.3) is 0 Å². The molecule has 4 rings (SSSR count). The summed E-state index contributed by atoms with van der Waals surface area (Å²) in [7, 11) is 0. The third-order valence-electron chi connectivity index (χ3n) is 6.82. The Morgan fingerprint density at radius 2 is 2.00 bits per heavy atom. The van der Waals surface area contributed by atoms with Gasteiger partial charge in [-0.3, -0.25) is 14.9 Å². The van der Waals surface area contributed by atoms with E-state index in [1.165, 1.54) is 11.3 Å². The maximum absolute atomic E-state index is 10.0. The molecule has 1 aromatic carbocycles. The lowest BCUT2D eigenvalue weighted by molar-refractivity contribution is 0.103. The highest BCUT2D eigenvalue weighted by molar-refractivity contribution is 5.92. The smallest absolute Gasteiger partial charge is 0.0685 e. The summed E-state index contributed by atoms with van der Waals surface area (Å²) in [6, 6.07) is 10.9. The minimum Gasteiger partial charge on any atom is -0.392 e. The van der Waals surface area contributed by atoms with Crippen molar-refractivity contribution in [3.8, 4) is 0 Å². The van der Waals surface area contributed by atoms with Crippen LogP contribution in [0.15, 0.2) is 53.8 Å². The number of hydrogen-bond donors (Lipinski definition) is 2. The van der Waals surface area contributed by atoms with Crippen LogP contribution in [0.5, 0.6) is 0 Å². The molecule has 0 radical (unpaired) electrons. The van der Waals surface area contributed by atoms with Gasteiger partial charge in [0.25, 0.3) is 0 Å². The van der Waals surface area contributed by atoms with Crippen LogP contribution in [0.1, 0.15) is 66.6 Å². The molecule has 3 atom stereocenters. The number of piperidine rings is 1. The molecule has 0 aliphatic carbocycles. The minimum atomic E-state index is 0.0229. The maximum Gasteiger partial charge on any atom is 0.0685 e. The fraction of sp³-hybridized carbons (Fsp3) is 0.462. The zero-order valence-electron chi connectivity index (χ0n) is 18.7. The number of nitrogens with zero attached hydrogens (tertiary/aromatic N) is 3. The third-order valence-corrected chi connectivity index (χ3v) is 6.82. The van der Waals surface area contributed by atoms with Gasteiger partial charge in [0.2, 0.25) is 0 Å². The first-order valence-corrected chi connectivity index (χ1v) is 11.4. The Labute approximate surface area is 185 Å². The summed E-state index contributed by atoms with van der Waals surface area (Å²) >= 11 is 0. The second-order valence-electron chi connectivity index (χ2n) is 8.88. The van der Waals surface area contributed by atoms with Crippen LogP contribution < -0.4 is 5.73 Å². The zero-order chi connectivity index (χ0) is 21.8. The molecule has 3 heterocycles. The number of aliphatic imine (C=N–C) groups is 1. The second-order valence-corrected chi connectivity index (χ2v) is 8.88. The van der Waals surface area contributed by atoms with Gasteiger partial charge in [-0.25, -0.2) is 0 Å². The highest BCUT2D eigenvalue weighted by Gasteiger charge is 2.37. The molecule has 2 aliphatic rings. The molecule has 2 aromatic rings. The summed E-state index contributed by atoms with van der Waals surface area (Å²) in [5.41, 5.74) is 12.7. The van der Waals surface area contributed by atoms with E-state index >= 15 is 0 Å². The number of aliphatic hydroxyl groups excluding tert-OH is 1. The van der Waals surface area contributed by atoms with Crippen LogP contribution in [0.2, 0.25) is 0 Å². The molecule has 1 saturated heterocycles.